The van der Waals surface area contributed by atoms with Crippen LogP contribution in [0.25, 0.3) is 0 Å². The average molecular weight is 180 g/mol. The third-order valence-electron chi connectivity index (χ3n) is 2.23. The van der Waals surface area contributed by atoms with E-state index in [1.54, 1.807) is 0 Å². The van der Waals surface area contributed by atoms with Crippen molar-refractivity contribution in [2.45, 2.75) is 20.0 Å². The number of nitrogens with two attached hydrogens (primary N) is 1. The van der Waals surface area contributed by atoms with Crippen molar-refractivity contribution in [3.05, 3.63) is 34.9 Å². The molecule has 0 bridgehead atoms. The molecule has 1 atom stereocenters. The second-order valence-corrected chi connectivity index (χ2v) is 3.27. The van der Waals surface area contributed by atoms with Gasteiger partial charge in [0, 0.05) is 6.54 Å². The van der Waals surface area contributed by atoms with Crippen LogP contribution in [0.1, 0.15) is 22.8 Å². The molecule has 13 heavy (non-hydrogen) atoms. The van der Waals surface area contributed by atoms with Crippen LogP contribution in [0.3, 0.4) is 0 Å². The van der Waals surface area contributed by atoms with Crippen molar-refractivity contribution in [2.24, 2.45) is 5.84 Å². The van der Waals surface area contributed by atoms with E-state index in [9.17, 15) is 5.11 Å². The smallest absolute Gasteiger partial charge is 0.0928 e. The molecule has 0 heterocycles. The van der Waals surface area contributed by atoms with Gasteiger partial charge in [-0.15, -0.1) is 0 Å². The van der Waals surface area contributed by atoms with E-state index in [0.717, 1.165) is 5.56 Å². The SMILES string of the molecule is Cc1ccc(C(O)CNN)cc1C. The standard InChI is InChI=1S/C10H16N2O/c1-7-3-4-9(5-8(7)2)10(13)6-12-11/h3-5,10,12-13H,6,11H2,1-2H3. The Labute approximate surface area is 78.5 Å². The van der Waals surface area contributed by atoms with Gasteiger partial charge in [-0.25, -0.2) is 0 Å². The van der Waals surface area contributed by atoms with Crippen LogP contribution in [-0.4, -0.2) is 11.7 Å². The van der Waals surface area contributed by atoms with Crippen LogP contribution in [0.2, 0.25) is 0 Å². The predicted molar refractivity (Wildman–Crippen MR) is 53.1 cm³/mol. The maximum absolute atomic E-state index is 9.59. The molecule has 0 aliphatic heterocycles. The summed E-state index contributed by atoms with van der Waals surface area (Å²) in [5.41, 5.74) is 5.78. The van der Waals surface area contributed by atoms with Gasteiger partial charge < -0.3 is 5.11 Å². The number of aliphatic hydroxyl groups excluding tert-OH is 1. The first-order valence-corrected chi connectivity index (χ1v) is 4.34. The molecule has 1 unspecified atom stereocenters. The molecule has 1 aromatic carbocycles. The minimum Gasteiger partial charge on any atom is -0.387 e. The number of aliphatic hydroxyl groups is 1. The summed E-state index contributed by atoms with van der Waals surface area (Å²) in [6, 6.07) is 5.91. The summed E-state index contributed by atoms with van der Waals surface area (Å²) >= 11 is 0. The van der Waals surface area contributed by atoms with Crippen molar-refractivity contribution in [3.63, 3.8) is 0 Å². The van der Waals surface area contributed by atoms with E-state index in [1.165, 1.54) is 11.1 Å². The fraction of sp³-hybridized carbons (Fsp3) is 0.400. The van der Waals surface area contributed by atoms with Crippen LogP contribution in [0.4, 0.5) is 0 Å². The fourth-order valence-corrected chi connectivity index (χ4v) is 1.20. The molecular weight excluding hydrogens is 164 g/mol. The zero-order valence-electron chi connectivity index (χ0n) is 8.04. The summed E-state index contributed by atoms with van der Waals surface area (Å²) < 4.78 is 0. The lowest BCUT2D eigenvalue weighted by molar-refractivity contribution is 0.175. The highest BCUT2D eigenvalue weighted by atomic mass is 16.3. The number of hydrogen-bond acceptors (Lipinski definition) is 3. The summed E-state index contributed by atoms with van der Waals surface area (Å²) in [7, 11) is 0. The Balaban J connectivity index is 2.84. The van der Waals surface area contributed by atoms with E-state index in [1.807, 2.05) is 32.0 Å². The Morgan fingerprint density at radius 3 is 2.62 bits per heavy atom. The molecule has 3 nitrogen and oxygen atoms in total. The van der Waals surface area contributed by atoms with Gasteiger partial charge in [0.25, 0.3) is 0 Å². The maximum Gasteiger partial charge on any atom is 0.0928 e. The Morgan fingerprint density at radius 1 is 1.38 bits per heavy atom. The minimum atomic E-state index is -0.524. The summed E-state index contributed by atoms with van der Waals surface area (Å²) in [6.45, 7) is 4.45. The molecule has 0 amide bonds. The zero-order chi connectivity index (χ0) is 9.84. The van der Waals surface area contributed by atoms with Crippen LogP contribution < -0.4 is 11.3 Å². The molecule has 0 aliphatic carbocycles. The van der Waals surface area contributed by atoms with E-state index in [0.29, 0.717) is 6.54 Å². The predicted octanol–water partition coefficient (Wildman–Crippen LogP) is 0.800. The number of hydrazine groups is 1. The lowest BCUT2D eigenvalue weighted by Gasteiger charge is -2.11. The minimum absolute atomic E-state index is 0.377. The second kappa shape index (κ2) is 4.37. The van der Waals surface area contributed by atoms with Crippen LogP contribution in [0.15, 0.2) is 18.2 Å². The van der Waals surface area contributed by atoms with Gasteiger partial charge in [0.2, 0.25) is 0 Å². The quantitative estimate of drug-likeness (QED) is 0.476. The van der Waals surface area contributed by atoms with Crippen molar-refractivity contribution < 1.29 is 5.11 Å². The summed E-state index contributed by atoms with van der Waals surface area (Å²) in [4.78, 5) is 0. The summed E-state index contributed by atoms with van der Waals surface area (Å²) in [5.74, 6) is 5.12. The van der Waals surface area contributed by atoms with Gasteiger partial charge >= 0.3 is 0 Å². The zero-order valence-corrected chi connectivity index (χ0v) is 8.04. The fourth-order valence-electron chi connectivity index (χ4n) is 1.20. The average Bonchev–Trinajstić information content (AvgIpc) is 2.10. The molecule has 0 aromatic heterocycles. The number of nitrogens with one attached hydrogen (secondary N) is 1. The van der Waals surface area contributed by atoms with E-state index in [-0.39, 0.29) is 0 Å². The molecule has 0 saturated carbocycles. The first-order valence-electron chi connectivity index (χ1n) is 4.34. The van der Waals surface area contributed by atoms with Crippen LogP contribution in [0, 0.1) is 13.8 Å². The molecule has 0 saturated heterocycles. The highest BCUT2D eigenvalue weighted by Crippen LogP contribution is 2.15. The largest absolute Gasteiger partial charge is 0.387 e. The number of hydrogen-bond donors (Lipinski definition) is 3. The number of rotatable bonds is 3. The van der Waals surface area contributed by atoms with Crippen LogP contribution in [0.5, 0.6) is 0 Å². The number of aryl methyl sites for hydroxylation is 2. The molecule has 1 aromatic rings. The first kappa shape index (κ1) is 10.2. The molecular formula is C10H16N2O. The summed E-state index contributed by atoms with van der Waals surface area (Å²) in [6.07, 6.45) is -0.524. The molecule has 1 rings (SSSR count). The Hall–Kier alpha value is -0.900. The van der Waals surface area contributed by atoms with Gasteiger partial charge in [0.15, 0.2) is 0 Å². The summed E-state index contributed by atoms with van der Waals surface area (Å²) in [5, 5.41) is 9.59. The van der Waals surface area contributed by atoms with Crippen molar-refractivity contribution in [1.29, 1.82) is 0 Å². The molecule has 0 aliphatic rings. The van der Waals surface area contributed by atoms with E-state index < -0.39 is 6.10 Å². The molecule has 0 radical (unpaired) electrons. The van der Waals surface area contributed by atoms with Gasteiger partial charge in [-0.1, -0.05) is 18.2 Å². The second-order valence-electron chi connectivity index (χ2n) is 3.27. The van der Waals surface area contributed by atoms with Crippen molar-refractivity contribution in [3.8, 4) is 0 Å². The van der Waals surface area contributed by atoms with Crippen molar-refractivity contribution in [1.82, 2.24) is 5.43 Å². The topological polar surface area (TPSA) is 58.3 Å². The van der Waals surface area contributed by atoms with Gasteiger partial charge in [0.1, 0.15) is 0 Å². The Kier molecular flexibility index (Phi) is 3.42. The molecule has 3 heteroatoms. The highest BCUT2D eigenvalue weighted by Gasteiger charge is 2.06. The van der Waals surface area contributed by atoms with Crippen LogP contribution in [-0.2, 0) is 0 Å². The maximum atomic E-state index is 9.59. The van der Waals surface area contributed by atoms with Gasteiger partial charge in [-0.2, -0.15) is 0 Å². The molecule has 0 fully saturated rings. The Bertz CT molecular complexity index is 286. The normalized spacial score (nSPS) is 12.9. The monoisotopic (exact) mass is 180 g/mol. The first-order chi connectivity index (χ1) is 6.15. The molecule has 4 N–H and O–H groups in total. The third kappa shape index (κ3) is 2.52. The molecule has 0 spiro atoms. The van der Waals surface area contributed by atoms with E-state index in [4.69, 9.17) is 5.84 Å². The highest BCUT2D eigenvalue weighted by molar-refractivity contribution is 5.31. The Morgan fingerprint density at radius 2 is 2.08 bits per heavy atom. The van der Waals surface area contributed by atoms with Crippen molar-refractivity contribution >= 4 is 0 Å². The lowest BCUT2D eigenvalue weighted by atomic mass is 10.0. The lowest BCUT2D eigenvalue weighted by Crippen LogP contribution is -2.27. The van der Waals surface area contributed by atoms with Crippen LogP contribution >= 0.6 is 0 Å². The van der Waals surface area contributed by atoms with Gasteiger partial charge in [-0.05, 0) is 30.5 Å². The third-order valence-corrected chi connectivity index (χ3v) is 2.23. The number of benzene rings is 1. The van der Waals surface area contributed by atoms with E-state index >= 15 is 0 Å². The van der Waals surface area contributed by atoms with E-state index in [2.05, 4.69) is 5.43 Å². The van der Waals surface area contributed by atoms with Gasteiger partial charge in [0.05, 0.1) is 6.10 Å². The molecule has 72 valence electrons. The van der Waals surface area contributed by atoms with Crippen molar-refractivity contribution in [2.75, 3.05) is 6.54 Å². The van der Waals surface area contributed by atoms with Gasteiger partial charge in [-0.3, -0.25) is 11.3 Å².